The number of halogens is 1. The molecule has 2 rings (SSSR count). The maximum absolute atomic E-state index is 10.7. The van der Waals surface area contributed by atoms with Gasteiger partial charge in [0, 0.05) is 27.8 Å². The van der Waals surface area contributed by atoms with E-state index in [2.05, 4.69) is 22.9 Å². The molecule has 1 aliphatic rings. The van der Waals surface area contributed by atoms with Crippen LogP contribution in [0, 0.1) is 0 Å². The van der Waals surface area contributed by atoms with Crippen LogP contribution in [0.25, 0.3) is 0 Å². The maximum Gasteiger partial charge on any atom is 0.143 e. The number of hydrogen-bond acceptors (Lipinski definition) is 3. The van der Waals surface area contributed by atoms with Gasteiger partial charge >= 0.3 is 0 Å². The van der Waals surface area contributed by atoms with E-state index in [-0.39, 0.29) is 6.04 Å². The Bertz CT molecular complexity index is 318. The molecule has 0 bridgehead atoms. The highest BCUT2D eigenvalue weighted by Gasteiger charge is 2.28. The minimum absolute atomic E-state index is 0.0770. The molecule has 1 aromatic rings. The largest absolute Gasteiger partial charge is 0.301 e. The average Bonchev–Trinajstić information content (AvgIpc) is 2.40. The summed E-state index contributed by atoms with van der Waals surface area (Å²) in [6, 6.07) is 7.91. The first-order valence-corrected chi connectivity index (χ1v) is 5.24. The fourth-order valence-corrected chi connectivity index (χ4v) is 3.16. The molecule has 1 atom stereocenters. The van der Waals surface area contributed by atoms with Gasteiger partial charge in [-0.15, -0.1) is 0 Å². The molecule has 0 spiro atoms. The molecule has 1 aromatic carbocycles. The molecule has 0 radical (unpaired) electrons. The second-order valence-electron chi connectivity index (χ2n) is 2.48. The zero-order valence-electron chi connectivity index (χ0n) is 6.11. The van der Waals surface area contributed by atoms with Crippen molar-refractivity contribution in [1.82, 2.24) is 2.52 Å². The lowest BCUT2D eigenvalue weighted by Crippen LogP contribution is -2.06. The van der Waals surface area contributed by atoms with E-state index >= 15 is 0 Å². The first-order valence-electron chi connectivity index (χ1n) is 3.50. The predicted molar refractivity (Wildman–Crippen MR) is 57.0 cm³/mol. The number of rotatable bonds is 1. The molecule has 0 amide bonds. The Morgan fingerprint density at radius 2 is 2.25 bits per heavy atom. The molecule has 1 unspecified atom stereocenters. The first-order chi connectivity index (χ1) is 5.83. The average molecular weight is 291 g/mol. The van der Waals surface area contributed by atoms with Crippen molar-refractivity contribution >= 4 is 41.1 Å². The number of benzene rings is 1. The van der Waals surface area contributed by atoms with Gasteiger partial charge in [0.05, 0.1) is 0 Å². The van der Waals surface area contributed by atoms with Gasteiger partial charge in [-0.05, 0) is 23.6 Å². The second kappa shape index (κ2) is 3.35. The van der Waals surface area contributed by atoms with E-state index in [9.17, 15) is 4.79 Å². The van der Waals surface area contributed by atoms with Crippen molar-refractivity contribution in [2.75, 3.05) is 0 Å². The van der Waals surface area contributed by atoms with Gasteiger partial charge in [0.15, 0.2) is 0 Å². The molecule has 1 aliphatic heterocycles. The van der Waals surface area contributed by atoms with Gasteiger partial charge in [-0.2, -0.15) is 2.52 Å². The molecule has 0 saturated heterocycles. The van der Waals surface area contributed by atoms with Crippen molar-refractivity contribution < 1.29 is 4.79 Å². The summed E-state index contributed by atoms with van der Waals surface area (Å²) in [5.41, 5.74) is 1.12. The lowest BCUT2D eigenvalue weighted by molar-refractivity contribution is -0.109. The highest BCUT2D eigenvalue weighted by atomic mass is 127. The standard InChI is InChI=1S/C8H6INOS/c9-10-7(5-11)6-3-1-2-4-8(6)12-10/h1-5,7H. The molecule has 1 heterocycles. The summed E-state index contributed by atoms with van der Waals surface area (Å²) >= 11 is 3.77. The lowest BCUT2D eigenvalue weighted by atomic mass is 10.1. The number of hydrogen-bond donors (Lipinski definition) is 0. The van der Waals surface area contributed by atoms with E-state index in [0.717, 1.165) is 11.8 Å². The Morgan fingerprint density at radius 3 is 3.00 bits per heavy atom. The van der Waals surface area contributed by atoms with Crippen LogP contribution < -0.4 is 0 Å². The Hall–Kier alpha value is -0.0700. The summed E-state index contributed by atoms with van der Waals surface area (Å²) in [4.78, 5) is 11.9. The van der Waals surface area contributed by atoms with Gasteiger partial charge in [0.1, 0.15) is 12.3 Å². The van der Waals surface area contributed by atoms with Crippen molar-refractivity contribution in [3.63, 3.8) is 0 Å². The van der Waals surface area contributed by atoms with Gasteiger partial charge in [-0.3, -0.25) is 0 Å². The Kier molecular flexibility index (Phi) is 2.38. The predicted octanol–water partition coefficient (Wildman–Crippen LogP) is 2.60. The topological polar surface area (TPSA) is 20.3 Å². The number of fused-ring (bicyclic) bond motifs is 1. The zero-order valence-corrected chi connectivity index (χ0v) is 9.08. The van der Waals surface area contributed by atoms with E-state index in [0.29, 0.717) is 0 Å². The van der Waals surface area contributed by atoms with Crippen molar-refractivity contribution in [3.05, 3.63) is 29.8 Å². The van der Waals surface area contributed by atoms with Gasteiger partial charge in [-0.25, -0.2) is 0 Å². The van der Waals surface area contributed by atoms with E-state index < -0.39 is 0 Å². The van der Waals surface area contributed by atoms with E-state index in [1.54, 1.807) is 11.9 Å². The summed E-state index contributed by atoms with van der Waals surface area (Å²) in [6.07, 6.45) is 0.977. The van der Waals surface area contributed by atoms with Crippen LogP contribution in [0.2, 0.25) is 0 Å². The molecular formula is C8H6INOS. The minimum atomic E-state index is -0.0770. The first kappa shape index (κ1) is 8.52. The highest BCUT2D eigenvalue weighted by Crippen LogP contribution is 2.45. The molecule has 0 fully saturated rings. The van der Waals surface area contributed by atoms with Gasteiger partial charge < -0.3 is 4.79 Å². The van der Waals surface area contributed by atoms with Crippen molar-refractivity contribution in [2.24, 2.45) is 0 Å². The second-order valence-corrected chi connectivity index (χ2v) is 5.19. The van der Waals surface area contributed by atoms with Crippen molar-refractivity contribution in [2.45, 2.75) is 10.9 Å². The van der Waals surface area contributed by atoms with Crippen LogP contribution in [-0.4, -0.2) is 8.80 Å². The summed E-state index contributed by atoms with van der Waals surface area (Å²) in [5, 5.41) is 0. The van der Waals surface area contributed by atoms with Gasteiger partial charge in [0.25, 0.3) is 0 Å². The Labute approximate surface area is 89.0 Å². The third-order valence-electron chi connectivity index (χ3n) is 1.77. The quantitative estimate of drug-likeness (QED) is 0.343. The molecule has 62 valence electrons. The minimum Gasteiger partial charge on any atom is -0.301 e. The normalized spacial score (nSPS) is 22.2. The van der Waals surface area contributed by atoms with Crippen molar-refractivity contribution in [1.29, 1.82) is 0 Å². The summed E-state index contributed by atoms with van der Waals surface area (Å²) in [7, 11) is 0. The lowest BCUT2D eigenvalue weighted by Gasteiger charge is -2.07. The van der Waals surface area contributed by atoms with E-state index in [4.69, 9.17) is 0 Å². The fourth-order valence-electron chi connectivity index (χ4n) is 1.19. The molecule has 0 aliphatic carbocycles. The third kappa shape index (κ3) is 1.27. The third-order valence-corrected chi connectivity index (χ3v) is 3.93. The van der Waals surface area contributed by atoms with Crippen LogP contribution in [-0.2, 0) is 4.79 Å². The van der Waals surface area contributed by atoms with Crippen LogP contribution in [0.4, 0.5) is 0 Å². The monoisotopic (exact) mass is 291 g/mol. The van der Waals surface area contributed by atoms with Crippen LogP contribution in [0.15, 0.2) is 29.2 Å². The summed E-state index contributed by atoms with van der Waals surface area (Å²) in [6.45, 7) is 0. The number of carbonyl (C=O) groups excluding carboxylic acids is 1. The number of aldehydes is 1. The summed E-state index contributed by atoms with van der Waals surface area (Å²) < 4.78 is 1.94. The SMILES string of the molecule is O=CC1c2ccccc2SN1I. The van der Waals surface area contributed by atoms with Crippen molar-refractivity contribution in [3.8, 4) is 0 Å². The number of carbonyl (C=O) groups is 1. The fraction of sp³-hybridized carbons (Fsp3) is 0.125. The van der Waals surface area contributed by atoms with E-state index in [1.807, 2.05) is 26.8 Å². The zero-order chi connectivity index (χ0) is 8.55. The molecule has 12 heavy (non-hydrogen) atoms. The van der Waals surface area contributed by atoms with Crippen LogP contribution in [0.5, 0.6) is 0 Å². The van der Waals surface area contributed by atoms with Crippen LogP contribution in [0.1, 0.15) is 11.6 Å². The van der Waals surface area contributed by atoms with Crippen LogP contribution >= 0.6 is 34.8 Å². The molecule has 4 heteroatoms. The van der Waals surface area contributed by atoms with Gasteiger partial charge in [0.2, 0.25) is 0 Å². The maximum atomic E-state index is 10.7. The van der Waals surface area contributed by atoms with Crippen LogP contribution in [0.3, 0.4) is 0 Å². The summed E-state index contributed by atoms with van der Waals surface area (Å²) in [5.74, 6) is 0. The molecular weight excluding hydrogens is 285 g/mol. The molecule has 0 N–H and O–H groups in total. The Balaban J connectivity index is 2.47. The highest BCUT2D eigenvalue weighted by molar-refractivity contribution is 14.1. The van der Waals surface area contributed by atoms with E-state index in [1.165, 1.54) is 4.90 Å². The molecule has 2 nitrogen and oxygen atoms in total. The van der Waals surface area contributed by atoms with Gasteiger partial charge in [-0.1, -0.05) is 18.2 Å². The molecule has 0 aromatic heterocycles. The molecule has 0 saturated carbocycles. The smallest absolute Gasteiger partial charge is 0.143 e. The Morgan fingerprint density at radius 1 is 1.50 bits per heavy atom. The number of nitrogens with zero attached hydrogens (tertiary/aromatic N) is 1.